The monoisotopic (exact) mass is 292 g/mol. The number of hydrogen-bond acceptors (Lipinski definition) is 3. The van der Waals surface area contributed by atoms with Crippen LogP contribution in [0.3, 0.4) is 0 Å². The number of nitrogens with one attached hydrogen (secondary N) is 1. The highest BCUT2D eigenvalue weighted by Gasteiger charge is 2.34. The molecule has 0 saturated heterocycles. The van der Waals surface area contributed by atoms with Crippen LogP contribution in [0.1, 0.15) is 40.2 Å². The Balaban J connectivity index is 3.07. The molecule has 0 saturated carbocycles. The first-order valence-electron chi connectivity index (χ1n) is 7.96. The van der Waals surface area contributed by atoms with E-state index >= 15 is 0 Å². The molecule has 0 radical (unpaired) electrons. The standard InChI is InChI=1S/C18H32N2O/c1-14(2)16(5)20(6)12-18(13-21,19-15(3)4)17-10-8-7-9-11-17/h7-11,14-16,19,21H,12-13H2,1-6H3. The molecule has 0 aliphatic rings. The van der Waals surface area contributed by atoms with E-state index < -0.39 is 5.54 Å². The first kappa shape index (κ1) is 18.1. The Morgan fingerprint density at radius 2 is 1.67 bits per heavy atom. The molecule has 0 aliphatic heterocycles. The zero-order chi connectivity index (χ0) is 16.0. The highest BCUT2D eigenvalue weighted by molar-refractivity contribution is 5.25. The summed E-state index contributed by atoms with van der Waals surface area (Å²) < 4.78 is 0. The molecular weight excluding hydrogens is 260 g/mol. The smallest absolute Gasteiger partial charge is 0.0799 e. The van der Waals surface area contributed by atoms with Gasteiger partial charge < -0.3 is 15.3 Å². The van der Waals surface area contributed by atoms with Crippen LogP contribution in [0.5, 0.6) is 0 Å². The molecule has 3 heteroatoms. The third kappa shape index (κ3) is 4.80. The molecule has 0 fully saturated rings. The van der Waals surface area contributed by atoms with Gasteiger partial charge in [0.1, 0.15) is 0 Å². The second-order valence-electron chi connectivity index (χ2n) is 6.81. The van der Waals surface area contributed by atoms with Crippen LogP contribution in [-0.4, -0.2) is 42.3 Å². The van der Waals surface area contributed by atoms with Crippen molar-refractivity contribution >= 4 is 0 Å². The Kier molecular flexibility index (Phi) is 6.85. The zero-order valence-corrected chi connectivity index (χ0v) is 14.4. The Labute approximate surface area is 130 Å². The van der Waals surface area contributed by atoms with Gasteiger partial charge in [0.05, 0.1) is 12.1 Å². The van der Waals surface area contributed by atoms with Gasteiger partial charge in [-0.2, -0.15) is 0 Å². The molecule has 0 amide bonds. The molecule has 0 aromatic heterocycles. The van der Waals surface area contributed by atoms with Gasteiger partial charge in [0.2, 0.25) is 0 Å². The van der Waals surface area contributed by atoms with Gasteiger partial charge in [-0.05, 0) is 39.3 Å². The molecule has 2 unspecified atom stereocenters. The lowest BCUT2D eigenvalue weighted by molar-refractivity contribution is 0.0844. The Morgan fingerprint density at radius 3 is 2.10 bits per heavy atom. The molecule has 2 N–H and O–H groups in total. The average molecular weight is 292 g/mol. The molecule has 0 heterocycles. The minimum Gasteiger partial charge on any atom is -0.394 e. The zero-order valence-electron chi connectivity index (χ0n) is 14.4. The molecule has 3 nitrogen and oxygen atoms in total. The normalized spacial score (nSPS) is 16.5. The fourth-order valence-corrected chi connectivity index (χ4v) is 2.80. The first-order valence-corrected chi connectivity index (χ1v) is 7.96. The number of rotatable bonds is 8. The van der Waals surface area contributed by atoms with Crippen LogP contribution in [0.2, 0.25) is 0 Å². The number of nitrogens with zero attached hydrogens (tertiary/aromatic N) is 1. The van der Waals surface area contributed by atoms with Gasteiger partial charge in [-0.1, -0.05) is 44.2 Å². The molecule has 0 aliphatic carbocycles. The lowest BCUT2D eigenvalue weighted by Gasteiger charge is -2.41. The maximum atomic E-state index is 10.2. The van der Waals surface area contributed by atoms with Crippen LogP contribution in [0, 0.1) is 5.92 Å². The van der Waals surface area contributed by atoms with Crippen molar-refractivity contribution in [3.05, 3.63) is 35.9 Å². The molecule has 1 aromatic rings. The Morgan fingerprint density at radius 1 is 1.10 bits per heavy atom. The molecular formula is C18H32N2O. The fourth-order valence-electron chi connectivity index (χ4n) is 2.80. The van der Waals surface area contributed by atoms with Crippen LogP contribution in [0.25, 0.3) is 0 Å². The van der Waals surface area contributed by atoms with Crippen molar-refractivity contribution in [3.63, 3.8) is 0 Å². The predicted octanol–water partition coefficient (Wildman–Crippen LogP) is 2.85. The van der Waals surface area contributed by atoms with Crippen molar-refractivity contribution in [1.29, 1.82) is 0 Å². The SMILES string of the molecule is CC(C)NC(CO)(CN(C)C(C)C(C)C)c1ccccc1. The van der Waals surface area contributed by atoms with Gasteiger partial charge in [-0.15, -0.1) is 0 Å². The van der Waals surface area contributed by atoms with E-state index in [0.717, 1.165) is 12.1 Å². The summed E-state index contributed by atoms with van der Waals surface area (Å²) in [6, 6.07) is 11.1. The number of aliphatic hydroxyl groups excluding tert-OH is 1. The number of benzene rings is 1. The highest BCUT2D eigenvalue weighted by atomic mass is 16.3. The maximum Gasteiger partial charge on any atom is 0.0799 e. The molecule has 21 heavy (non-hydrogen) atoms. The molecule has 1 aromatic carbocycles. The van der Waals surface area contributed by atoms with Crippen molar-refractivity contribution in [3.8, 4) is 0 Å². The van der Waals surface area contributed by atoms with Crippen molar-refractivity contribution in [2.24, 2.45) is 5.92 Å². The summed E-state index contributed by atoms with van der Waals surface area (Å²) in [4.78, 5) is 2.34. The van der Waals surface area contributed by atoms with E-state index in [-0.39, 0.29) is 6.61 Å². The third-order valence-corrected chi connectivity index (χ3v) is 4.34. The molecule has 0 spiro atoms. The second-order valence-corrected chi connectivity index (χ2v) is 6.81. The van der Waals surface area contributed by atoms with E-state index in [9.17, 15) is 5.11 Å². The van der Waals surface area contributed by atoms with Gasteiger partial charge in [0.15, 0.2) is 0 Å². The Hall–Kier alpha value is -0.900. The number of hydrogen-bond donors (Lipinski definition) is 2. The lowest BCUT2D eigenvalue weighted by atomic mass is 9.88. The summed E-state index contributed by atoms with van der Waals surface area (Å²) >= 11 is 0. The summed E-state index contributed by atoms with van der Waals surface area (Å²) in [6.45, 7) is 11.8. The van der Waals surface area contributed by atoms with Gasteiger partial charge in [0.25, 0.3) is 0 Å². The summed E-state index contributed by atoms with van der Waals surface area (Å²) in [5.41, 5.74) is 0.719. The third-order valence-electron chi connectivity index (χ3n) is 4.34. The minimum atomic E-state index is -0.423. The van der Waals surface area contributed by atoms with Crippen LogP contribution in [-0.2, 0) is 5.54 Å². The van der Waals surface area contributed by atoms with Crippen LogP contribution < -0.4 is 5.32 Å². The fraction of sp³-hybridized carbons (Fsp3) is 0.667. The van der Waals surface area contributed by atoms with E-state index in [1.807, 2.05) is 18.2 Å². The second kappa shape index (κ2) is 7.92. The lowest BCUT2D eigenvalue weighted by Crippen LogP contribution is -2.56. The van der Waals surface area contributed by atoms with Crippen LogP contribution in [0.15, 0.2) is 30.3 Å². The number of likely N-dealkylation sites (N-methyl/N-ethyl adjacent to an activating group) is 1. The van der Waals surface area contributed by atoms with Crippen LogP contribution >= 0.6 is 0 Å². The van der Waals surface area contributed by atoms with Crippen LogP contribution in [0.4, 0.5) is 0 Å². The van der Waals surface area contributed by atoms with Gasteiger partial charge >= 0.3 is 0 Å². The predicted molar refractivity (Wildman–Crippen MR) is 90.4 cm³/mol. The summed E-state index contributed by atoms with van der Waals surface area (Å²) in [5, 5.41) is 13.8. The average Bonchev–Trinajstić information content (AvgIpc) is 2.45. The molecule has 120 valence electrons. The molecule has 0 bridgehead atoms. The molecule has 2 atom stereocenters. The highest BCUT2D eigenvalue weighted by Crippen LogP contribution is 2.24. The van der Waals surface area contributed by atoms with Gasteiger partial charge in [0, 0.05) is 18.6 Å². The topological polar surface area (TPSA) is 35.5 Å². The van der Waals surface area contributed by atoms with Gasteiger partial charge in [-0.25, -0.2) is 0 Å². The van der Waals surface area contributed by atoms with Crippen molar-refractivity contribution in [2.75, 3.05) is 20.2 Å². The van der Waals surface area contributed by atoms with E-state index in [4.69, 9.17) is 0 Å². The van der Waals surface area contributed by atoms with E-state index in [1.165, 1.54) is 0 Å². The van der Waals surface area contributed by atoms with Crippen molar-refractivity contribution < 1.29 is 5.11 Å². The summed E-state index contributed by atoms with van der Waals surface area (Å²) in [6.07, 6.45) is 0. The van der Waals surface area contributed by atoms with E-state index in [0.29, 0.717) is 18.0 Å². The minimum absolute atomic E-state index is 0.0876. The van der Waals surface area contributed by atoms with Crippen molar-refractivity contribution in [1.82, 2.24) is 10.2 Å². The largest absolute Gasteiger partial charge is 0.394 e. The van der Waals surface area contributed by atoms with E-state index in [1.54, 1.807) is 0 Å². The van der Waals surface area contributed by atoms with E-state index in [2.05, 4.69) is 64.0 Å². The maximum absolute atomic E-state index is 10.2. The quantitative estimate of drug-likeness (QED) is 0.773. The summed E-state index contributed by atoms with van der Waals surface area (Å²) in [5.74, 6) is 0.584. The number of aliphatic hydroxyl groups is 1. The summed E-state index contributed by atoms with van der Waals surface area (Å²) in [7, 11) is 2.14. The van der Waals surface area contributed by atoms with Crippen molar-refractivity contribution in [2.45, 2.75) is 52.2 Å². The Bertz CT molecular complexity index is 405. The first-order chi connectivity index (χ1) is 9.82. The van der Waals surface area contributed by atoms with Gasteiger partial charge in [-0.3, -0.25) is 0 Å². The molecule has 1 rings (SSSR count).